The van der Waals surface area contributed by atoms with Gasteiger partial charge in [0.1, 0.15) is 0 Å². The molecular weight excluding hydrogens is 206 g/mol. The second-order valence-electron chi connectivity index (χ2n) is 5.19. The van der Waals surface area contributed by atoms with Crippen LogP contribution in [-0.4, -0.2) is 6.21 Å². The molecule has 0 atom stereocenters. The van der Waals surface area contributed by atoms with Crippen LogP contribution in [0.2, 0.25) is 0 Å². The van der Waals surface area contributed by atoms with Gasteiger partial charge in [-0.3, -0.25) is 4.99 Å². The van der Waals surface area contributed by atoms with Gasteiger partial charge < -0.3 is 0 Å². The van der Waals surface area contributed by atoms with Gasteiger partial charge in [-0.2, -0.15) is 0 Å². The van der Waals surface area contributed by atoms with Crippen LogP contribution >= 0.6 is 0 Å². The Bertz CT molecular complexity index is 349. The Balaban J connectivity index is 3.19. The first kappa shape index (κ1) is 14.0. The van der Waals surface area contributed by atoms with Gasteiger partial charge in [0.25, 0.3) is 0 Å². The molecule has 0 aliphatic heterocycles. The summed E-state index contributed by atoms with van der Waals surface area (Å²) in [5.74, 6) is 1.06. The SMILES string of the molecule is CCC/C=N\c1c(C(C)C)cccc1C(C)C. The van der Waals surface area contributed by atoms with Crippen molar-refractivity contribution in [3.8, 4) is 0 Å². The molecule has 0 aliphatic rings. The molecule has 1 rings (SSSR count). The zero-order chi connectivity index (χ0) is 12.8. The van der Waals surface area contributed by atoms with Crippen LogP contribution in [0.15, 0.2) is 23.2 Å². The van der Waals surface area contributed by atoms with Crippen molar-refractivity contribution in [2.24, 2.45) is 4.99 Å². The van der Waals surface area contributed by atoms with E-state index in [4.69, 9.17) is 4.99 Å². The van der Waals surface area contributed by atoms with Crippen molar-refractivity contribution in [1.29, 1.82) is 0 Å². The van der Waals surface area contributed by atoms with E-state index >= 15 is 0 Å². The van der Waals surface area contributed by atoms with E-state index in [1.54, 1.807) is 0 Å². The summed E-state index contributed by atoms with van der Waals surface area (Å²) in [7, 11) is 0. The molecular formula is C16H25N. The van der Waals surface area contributed by atoms with E-state index in [2.05, 4.69) is 59.0 Å². The van der Waals surface area contributed by atoms with Crippen molar-refractivity contribution in [1.82, 2.24) is 0 Å². The minimum absolute atomic E-state index is 0.530. The molecule has 0 amide bonds. The highest BCUT2D eigenvalue weighted by Crippen LogP contribution is 2.34. The van der Waals surface area contributed by atoms with Crippen LogP contribution in [0.4, 0.5) is 5.69 Å². The maximum Gasteiger partial charge on any atom is 0.0694 e. The fourth-order valence-corrected chi connectivity index (χ4v) is 1.95. The molecule has 0 saturated heterocycles. The van der Waals surface area contributed by atoms with Crippen LogP contribution in [0.5, 0.6) is 0 Å². The number of hydrogen-bond donors (Lipinski definition) is 0. The summed E-state index contributed by atoms with van der Waals surface area (Å²) in [5, 5.41) is 0. The van der Waals surface area contributed by atoms with Crippen molar-refractivity contribution in [2.75, 3.05) is 0 Å². The van der Waals surface area contributed by atoms with Crippen molar-refractivity contribution in [3.63, 3.8) is 0 Å². The molecule has 0 heterocycles. The number of benzene rings is 1. The van der Waals surface area contributed by atoms with Gasteiger partial charge in [-0.1, -0.05) is 59.2 Å². The summed E-state index contributed by atoms with van der Waals surface area (Å²) in [4.78, 5) is 4.71. The van der Waals surface area contributed by atoms with Gasteiger partial charge in [0.15, 0.2) is 0 Å². The lowest BCUT2D eigenvalue weighted by atomic mass is 9.93. The molecule has 94 valence electrons. The minimum Gasteiger partial charge on any atom is -0.261 e. The fraction of sp³-hybridized carbons (Fsp3) is 0.562. The molecule has 0 unspecified atom stereocenters. The maximum absolute atomic E-state index is 4.71. The summed E-state index contributed by atoms with van der Waals surface area (Å²) in [6, 6.07) is 6.56. The van der Waals surface area contributed by atoms with E-state index in [1.807, 2.05) is 0 Å². The van der Waals surface area contributed by atoms with Gasteiger partial charge in [0, 0.05) is 6.21 Å². The van der Waals surface area contributed by atoms with Crippen LogP contribution < -0.4 is 0 Å². The first-order valence-corrected chi connectivity index (χ1v) is 6.73. The lowest BCUT2D eigenvalue weighted by molar-refractivity contribution is 0.834. The van der Waals surface area contributed by atoms with Crippen LogP contribution in [0.1, 0.15) is 70.4 Å². The monoisotopic (exact) mass is 231 g/mol. The van der Waals surface area contributed by atoms with Gasteiger partial charge in [-0.15, -0.1) is 0 Å². The average Bonchev–Trinajstić information content (AvgIpc) is 2.28. The molecule has 0 fully saturated rings. The Morgan fingerprint density at radius 2 is 1.59 bits per heavy atom. The normalized spacial score (nSPS) is 11.9. The zero-order valence-electron chi connectivity index (χ0n) is 11.8. The average molecular weight is 231 g/mol. The van der Waals surface area contributed by atoms with E-state index in [-0.39, 0.29) is 0 Å². The maximum atomic E-state index is 4.71. The van der Waals surface area contributed by atoms with Crippen molar-refractivity contribution >= 4 is 11.9 Å². The van der Waals surface area contributed by atoms with Crippen LogP contribution in [0.25, 0.3) is 0 Å². The lowest BCUT2D eigenvalue weighted by Gasteiger charge is -2.16. The van der Waals surface area contributed by atoms with E-state index < -0.39 is 0 Å². The third kappa shape index (κ3) is 3.69. The quantitative estimate of drug-likeness (QED) is 0.599. The number of aliphatic imine (C=N–C) groups is 1. The van der Waals surface area contributed by atoms with Gasteiger partial charge in [0.2, 0.25) is 0 Å². The lowest BCUT2D eigenvalue weighted by Crippen LogP contribution is -1.95. The Morgan fingerprint density at radius 1 is 1.06 bits per heavy atom. The molecule has 1 aromatic carbocycles. The largest absolute Gasteiger partial charge is 0.261 e. The number of hydrogen-bond acceptors (Lipinski definition) is 1. The minimum atomic E-state index is 0.530. The summed E-state index contributed by atoms with van der Waals surface area (Å²) in [6.45, 7) is 11.1. The Morgan fingerprint density at radius 3 is 2.00 bits per heavy atom. The molecule has 0 aliphatic carbocycles. The van der Waals surface area contributed by atoms with E-state index in [1.165, 1.54) is 16.8 Å². The number of para-hydroxylation sites is 1. The first-order valence-electron chi connectivity index (χ1n) is 6.73. The summed E-state index contributed by atoms with van der Waals surface area (Å²) in [5.41, 5.74) is 3.93. The molecule has 0 aromatic heterocycles. The van der Waals surface area contributed by atoms with Gasteiger partial charge in [-0.25, -0.2) is 0 Å². The molecule has 1 nitrogen and oxygen atoms in total. The second kappa shape index (κ2) is 6.58. The number of unbranched alkanes of at least 4 members (excludes halogenated alkanes) is 1. The molecule has 0 radical (unpaired) electrons. The summed E-state index contributed by atoms with van der Waals surface area (Å²) < 4.78 is 0. The predicted molar refractivity (Wildman–Crippen MR) is 77.7 cm³/mol. The summed E-state index contributed by atoms with van der Waals surface area (Å²) in [6.07, 6.45) is 4.28. The Labute approximate surface area is 106 Å². The number of rotatable bonds is 5. The van der Waals surface area contributed by atoms with Gasteiger partial charge in [0.05, 0.1) is 5.69 Å². The summed E-state index contributed by atoms with van der Waals surface area (Å²) >= 11 is 0. The molecule has 0 spiro atoms. The second-order valence-corrected chi connectivity index (χ2v) is 5.19. The molecule has 0 saturated carbocycles. The third-order valence-corrected chi connectivity index (χ3v) is 2.98. The molecule has 0 N–H and O–H groups in total. The molecule has 0 bridgehead atoms. The van der Waals surface area contributed by atoms with Gasteiger partial charge >= 0.3 is 0 Å². The van der Waals surface area contributed by atoms with E-state index in [0.29, 0.717) is 11.8 Å². The van der Waals surface area contributed by atoms with E-state index in [9.17, 15) is 0 Å². The van der Waals surface area contributed by atoms with Gasteiger partial charge in [-0.05, 0) is 29.4 Å². The van der Waals surface area contributed by atoms with Crippen molar-refractivity contribution in [2.45, 2.75) is 59.3 Å². The van der Waals surface area contributed by atoms with Crippen LogP contribution in [0, 0.1) is 0 Å². The Kier molecular flexibility index (Phi) is 5.40. The first-order chi connectivity index (χ1) is 8.07. The highest BCUT2D eigenvalue weighted by molar-refractivity contribution is 5.67. The highest BCUT2D eigenvalue weighted by atomic mass is 14.7. The smallest absolute Gasteiger partial charge is 0.0694 e. The highest BCUT2D eigenvalue weighted by Gasteiger charge is 2.12. The predicted octanol–water partition coefficient (Wildman–Crippen LogP) is 5.44. The molecule has 1 heteroatoms. The zero-order valence-corrected chi connectivity index (χ0v) is 11.8. The molecule has 17 heavy (non-hydrogen) atoms. The van der Waals surface area contributed by atoms with Crippen LogP contribution in [0.3, 0.4) is 0 Å². The number of nitrogens with zero attached hydrogens (tertiary/aromatic N) is 1. The van der Waals surface area contributed by atoms with Crippen molar-refractivity contribution in [3.05, 3.63) is 29.3 Å². The topological polar surface area (TPSA) is 12.4 Å². The van der Waals surface area contributed by atoms with Crippen molar-refractivity contribution < 1.29 is 0 Å². The Hall–Kier alpha value is -1.11. The molecule has 1 aromatic rings. The van der Waals surface area contributed by atoms with Crippen LogP contribution in [-0.2, 0) is 0 Å². The van der Waals surface area contributed by atoms with E-state index in [0.717, 1.165) is 12.8 Å². The fourth-order valence-electron chi connectivity index (χ4n) is 1.95. The third-order valence-electron chi connectivity index (χ3n) is 2.98. The standard InChI is InChI=1S/C16H25N/c1-6-7-11-17-16-14(12(2)3)9-8-10-15(16)13(4)5/h8-13H,6-7H2,1-5H3/b17-11-.